The lowest BCUT2D eigenvalue weighted by Crippen LogP contribution is -1.97. The fourth-order valence-electron chi connectivity index (χ4n) is 1.86. The van der Waals surface area contributed by atoms with Crippen LogP contribution in [0.25, 0.3) is 16.7 Å². The van der Waals surface area contributed by atoms with E-state index in [-0.39, 0.29) is 5.82 Å². The van der Waals surface area contributed by atoms with Crippen LogP contribution in [0, 0.1) is 10.6 Å². The molecule has 90 valence electrons. The summed E-state index contributed by atoms with van der Waals surface area (Å²) in [7, 11) is 0. The van der Waals surface area contributed by atoms with Gasteiger partial charge >= 0.3 is 0 Å². The molecule has 3 rings (SSSR count). The second-order valence-corrected chi connectivity index (χ2v) is 4.58. The second kappa shape index (κ2) is 4.19. The van der Waals surface area contributed by atoms with E-state index in [2.05, 4.69) is 9.97 Å². The SMILES string of the molecule is Fc1ccc(Cl)cc1-n1c(=S)[nH]c2cnccc21. The van der Waals surface area contributed by atoms with Crippen molar-refractivity contribution in [2.24, 2.45) is 0 Å². The van der Waals surface area contributed by atoms with E-state index in [1.165, 1.54) is 12.1 Å². The number of hydrogen-bond acceptors (Lipinski definition) is 2. The van der Waals surface area contributed by atoms with Crippen LogP contribution in [0.15, 0.2) is 36.7 Å². The molecule has 0 saturated heterocycles. The van der Waals surface area contributed by atoms with Crippen LogP contribution in [0.3, 0.4) is 0 Å². The van der Waals surface area contributed by atoms with Crippen molar-refractivity contribution in [1.29, 1.82) is 0 Å². The van der Waals surface area contributed by atoms with Gasteiger partial charge in [-0.25, -0.2) is 4.39 Å². The summed E-state index contributed by atoms with van der Waals surface area (Å²) in [5.41, 5.74) is 1.84. The molecule has 0 aliphatic carbocycles. The van der Waals surface area contributed by atoms with Gasteiger partial charge in [0.15, 0.2) is 4.77 Å². The van der Waals surface area contributed by atoms with Crippen molar-refractivity contribution in [1.82, 2.24) is 14.5 Å². The Balaban J connectivity index is 2.41. The number of nitrogens with zero attached hydrogens (tertiary/aromatic N) is 2. The second-order valence-electron chi connectivity index (χ2n) is 3.75. The number of rotatable bonds is 1. The third-order valence-electron chi connectivity index (χ3n) is 2.63. The average Bonchev–Trinajstić information content (AvgIpc) is 2.68. The summed E-state index contributed by atoms with van der Waals surface area (Å²) in [5, 5.41) is 0.455. The molecule has 0 saturated carbocycles. The zero-order valence-electron chi connectivity index (χ0n) is 9.02. The first-order valence-corrected chi connectivity index (χ1v) is 5.95. The van der Waals surface area contributed by atoms with Crippen molar-refractivity contribution in [2.75, 3.05) is 0 Å². The molecular formula is C12H7ClFN3S. The lowest BCUT2D eigenvalue weighted by Gasteiger charge is -2.06. The van der Waals surface area contributed by atoms with E-state index in [9.17, 15) is 4.39 Å². The topological polar surface area (TPSA) is 33.6 Å². The largest absolute Gasteiger partial charge is 0.329 e. The summed E-state index contributed by atoms with van der Waals surface area (Å²) in [6.45, 7) is 0. The van der Waals surface area contributed by atoms with Crippen LogP contribution < -0.4 is 0 Å². The number of H-pyrrole nitrogens is 1. The molecule has 0 amide bonds. The van der Waals surface area contributed by atoms with Gasteiger partial charge < -0.3 is 4.98 Å². The van der Waals surface area contributed by atoms with E-state index in [1.807, 2.05) is 0 Å². The average molecular weight is 280 g/mol. The minimum atomic E-state index is -0.381. The van der Waals surface area contributed by atoms with Crippen LogP contribution in [0.4, 0.5) is 4.39 Å². The van der Waals surface area contributed by atoms with Gasteiger partial charge in [-0.3, -0.25) is 9.55 Å². The Morgan fingerprint density at radius 2 is 2.17 bits per heavy atom. The number of pyridine rings is 1. The van der Waals surface area contributed by atoms with Crippen molar-refractivity contribution < 1.29 is 4.39 Å². The fraction of sp³-hybridized carbons (Fsp3) is 0. The number of hydrogen-bond donors (Lipinski definition) is 1. The number of halogens is 2. The van der Waals surface area contributed by atoms with Gasteiger partial charge in [0.05, 0.1) is 22.9 Å². The molecule has 2 heterocycles. The molecule has 0 aliphatic rings. The molecule has 0 fully saturated rings. The van der Waals surface area contributed by atoms with Gasteiger partial charge in [-0.1, -0.05) is 11.6 Å². The molecule has 6 heteroatoms. The van der Waals surface area contributed by atoms with Crippen LogP contribution in [0.2, 0.25) is 5.02 Å². The van der Waals surface area contributed by atoms with E-state index < -0.39 is 0 Å². The Labute approximate surface area is 112 Å². The van der Waals surface area contributed by atoms with Crippen LogP contribution in [0.1, 0.15) is 0 Å². The van der Waals surface area contributed by atoms with E-state index in [1.54, 1.807) is 29.1 Å². The van der Waals surface area contributed by atoms with Crippen LogP contribution in [-0.4, -0.2) is 14.5 Å². The molecule has 1 N–H and O–H groups in total. The van der Waals surface area contributed by atoms with E-state index >= 15 is 0 Å². The summed E-state index contributed by atoms with van der Waals surface area (Å²) in [6, 6.07) is 6.13. The standard InChI is InChI=1S/C12H7ClFN3S/c13-7-1-2-8(14)11(5-7)17-10-3-4-15-6-9(10)16-12(17)18/h1-6H,(H,16,18). The van der Waals surface area contributed by atoms with Crippen LogP contribution in [-0.2, 0) is 0 Å². The van der Waals surface area contributed by atoms with Gasteiger partial charge in [-0.2, -0.15) is 0 Å². The summed E-state index contributed by atoms with van der Waals surface area (Å²) < 4.78 is 15.9. The number of fused-ring (bicyclic) bond motifs is 1. The fourth-order valence-corrected chi connectivity index (χ4v) is 2.33. The van der Waals surface area contributed by atoms with Crippen molar-refractivity contribution in [2.45, 2.75) is 0 Å². The van der Waals surface area contributed by atoms with Crippen LogP contribution in [0.5, 0.6) is 0 Å². The molecule has 0 unspecified atom stereocenters. The zero-order valence-corrected chi connectivity index (χ0v) is 10.6. The lowest BCUT2D eigenvalue weighted by atomic mass is 10.3. The van der Waals surface area contributed by atoms with Crippen LogP contribution >= 0.6 is 23.8 Å². The lowest BCUT2D eigenvalue weighted by molar-refractivity contribution is 0.619. The molecule has 0 spiro atoms. The predicted octanol–water partition coefficient (Wildman–Crippen LogP) is 3.88. The molecule has 0 radical (unpaired) electrons. The van der Waals surface area contributed by atoms with Gasteiger partial charge in [-0.15, -0.1) is 0 Å². The maximum atomic E-state index is 13.9. The number of aromatic amines is 1. The van der Waals surface area contributed by atoms with Gasteiger partial charge in [0, 0.05) is 11.2 Å². The Hall–Kier alpha value is -1.72. The van der Waals surface area contributed by atoms with E-state index in [4.69, 9.17) is 23.8 Å². The summed E-state index contributed by atoms with van der Waals surface area (Å²) >= 11 is 11.1. The first-order valence-electron chi connectivity index (χ1n) is 5.17. The van der Waals surface area contributed by atoms with E-state index in [0.717, 1.165) is 11.0 Å². The number of benzene rings is 1. The third-order valence-corrected chi connectivity index (χ3v) is 3.15. The maximum Gasteiger partial charge on any atom is 0.182 e. The molecule has 18 heavy (non-hydrogen) atoms. The van der Waals surface area contributed by atoms with Crippen molar-refractivity contribution in [3.8, 4) is 5.69 Å². The zero-order chi connectivity index (χ0) is 12.7. The highest BCUT2D eigenvalue weighted by Crippen LogP contribution is 2.23. The minimum Gasteiger partial charge on any atom is -0.329 e. The van der Waals surface area contributed by atoms with E-state index in [0.29, 0.717) is 15.5 Å². The van der Waals surface area contributed by atoms with Gasteiger partial charge in [-0.05, 0) is 36.5 Å². The smallest absolute Gasteiger partial charge is 0.182 e. The molecule has 0 atom stereocenters. The first kappa shape index (κ1) is 11.4. The molecule has 1 aromatic carbocycles. The maximum absolute atomic E-state index is 13.9. The van der Waals surface area contributed by atoms with Crippen molar-refractivity contribution in [3.63, 3.8) is 0 Å². The molecule has 3 aromatic rings. The summed E-state index contributed by atoms with van der Waals surface area (Å²) in [6.07, 6.45) is 3.27. The monoisotopic (exact) mass is 279 g/mol. The van der Waals surface area contributed by atoms with Gasteiger partial charge in [0.25, 0.3) is 0 Å². The molecular weight excluding hydrogens is 273 g/mol. The number of nitrogens with one attached hydrogen (secondary N) is 1. The number of imidazole rings is 1. The molecule has 2 aromatic heterocycles. The Kier molecular flexibility index (Phi) is 2.65. The first-order chi connectivity index (χ1) is 8.66. The normalized spacial score (nSPS) is 11.0. The number of aromatic nitrogens is 3. The van der Waals surface area contributed by atoms with Crippen molar-refractivity contribution >= 4 is 34.9 Å². The highest BCUT2D eigenvalue weighted by atomic mass is 35.5. The minimum absolute atomic E-state index is 0.324. The Morgan fingerprint density at radius 1 is 1.33 bits per heavy atom. The van der Waals surface area contributed by atoms with Crippen molar-refractivity contribution in [3.05, 3.63) is 52.3 Å². The highest BCUT2D eigenvalue weighted by Gasteiger charge is 2.11. The predicted molar refractivity (Wildman–Crippen MR) is 71.2 cm³/mol. The Morgan fingerprint density at radius 3 is 3.00 bits per heavy atom. The summed E-state index contributed by atoms with van der Waals surface area (Å²) in [5.74, 6) is -0.381. The molecule has 0 bridgehead atoms. The molecule has 3 nitrogen and oxygen atoms in total. The van der Waals surface area contributed by atoms with Gasteiger partial charge in [0.2, 0.25) is 0 Å². The third kappa shape index (κ3) is 1.72. The molecule has 0 aliphatic heterocycles. The quantitative estimate of drug-likeness (QED) is 0.686. The van der Waals surface area contributed by atoms with Gasteiger partial charge in [0.1, 0.15) is 5.82 Å². The highest BCUT2D eigenvalue weighted by molar-refractivity contribution is 7.71. The summed E-state index contributed by atoms with van der Waals surface area (Å²) in [4.78, 5) is 6.97. The Bertz CT molecular complexity index is 793.